The number of esters is 2. The van der Waals surface area contributed by atoms with Gasteiger partial charge in [0, 0.05) is 38.4 Å². The van der Waals surface area contributed by atoms with Gasteiger partial charge in [-0.05, 0) is 115 Å². The van der Waals surface area contributed by atoms with E-state index in [1.807, 2.05) is 11.9 Å². The molecule has 1 aliphatic carbocycles. The number of rotatable bonds is 53. The molecule has 0 spiro atoms. The highest BCUT2D eigenvalue weighted by Crippen LogP contribution is 2.26. The number of carbonyl (C=O) groups is 3. The third-order valence-corrected chi connectivity index (χ3v) is 16.4. The van der Waals surface area contributed by atoms with Crippen molar-refractivity contribution in [3.63, 3.8) is 0 Å². The van der Waals surface area contributed by atoms with Gasteiger partial charge >= 0.3 is 11.9 Å². The van der Waals surface area contributed by atoms with E-state index in [9.17, 15) is 19.5 Å². The maximum Gasteiger partial charge on any atom is 0.305 e. The monoisotopic (exact) mass is 1020 g/mol. The number of aliphatic hydroxyl groups is 1. The predicted molar refractivity (Wildman–Crippen MR) is 308 cm³/mol. The number of aliphatic hydroxyl groups excluding tert-OH is 1. The summed E-state index contributed by atoms with van der Waals surface area (Å²) in [7, 11) is 2.02. The lowest BCUT2D eigenvalue weighted by Gasteiger charge is -2.36. The van der Waals surface area contributed by atoms with Crippen molar-refractivity contribution in [1.29, 1.82) is 0 Å². The minimum Gasteiger partial charge on any atom is -0.465 e. The molecule has 1 aliphatic rings. The van der Waals surface area contributed by atoms with Gasteiger partial charge in [0.1, 0.15) is 0 Å². The first-order chi connectivity index (χ1) is 35.2. The first-order valence-corrected chi connectivity index (χ1v) is 32.2. The summed E-state index contributed by atoms with van der Waals surface area (Å²) in [5.74, 6) is 1.11. The largest absolute Gasteiger partial charge is 0.465 e. The van der Waals surface area contributed by atoms with Crippen molar-refractivity contribution in [1.82, 2.24) is 9.80 Å². The van der Waals surface area contributed by atoms with Crippen LogP contribution in [0.4, 0.5) is 0 Å². The van der Waals surface area contributed by atoms with Crippen LogP contribution in [0.15, 0.2) is 0 Å². The molecular weight excluding hydrogens is 893 g/mol. The normalized spacial score (nSPS) is 16.2. The van der Waals surface area contributed by atoms with E-state index >= 15 is 0 Å². The first-order valence-electron chi connectivity index (χ1n) is 32.2. The van der Waals surface area contributed by atoms with Gasteiger partial charge in [0.15, 0.2) is 0 Å². The zero-order valence-electron chi connectivity index (χ0n) is 49.1. The van der Waals surface area contributed by atoms with Crippen molar-refractivity contribution >= 4 is 17.8 Å². The summed E-state index contributed by atoms with van der Waals surface area (Å²) in [6, 6.07) is 0.671. The Morgan fingerprint density at radius 2 is 0.750 bits per heavy atom. The zero-order valence-corrected chi connectivity index (χ0v) is 49.1. The summed E-state index contributed by atoms with van der Waals surface area (Å²) in [5, 5.41) is 10.2. The Morgan fingerprint density at radius 1 is 0.417 bits per heavy atom. The second-order valence-corrected chi connectivity index (χ2v) is 23.1. The fraction of sp³-hybridized carbons (Fsp3) is 0.953. The molecular formula is C64H124N2O6. The molecule has 2 atom stereocenters. The summed E-state index contributed by atoms with van der Waals surface area (Å²) in [4.78, 5) is 44.6. The van der Waals surface area contributed by atoms with Crippen molar-refractivity contribution in [2.45, 2.75) is 348 Å². The van der Waals surface area contributed by atoms with E-state index in [0.717, 1.165) is 96.6 Å². The van der Waals surface area contributed by atoms with Crippen molar-refractivity contribution in [3.8, 4) is 0 Å². The van der Waals surface area contributed by atoms with Gasteiger partial charge in [-0.1, -0.05) is 221 Å². The Labute approximate surface area is 448 Å². The third-order valence-electron chi connectivity index (χ3n) is 16.4. The third kappa shape index (κ3) is 39.7. The molecule has 0 aromatic carbocycles. The molecule has 8 heteroatoms. The van der Waals surface area contributed by atoms with E-state index in [4.69, 9.17) is 9.47 Å². The first kappa shape index (κ1) is 68.3. The van der Waals surface area contributed by atoms with Gasteiger partial charge in [0.2, 0.25) is 5.91 Å². The highest BCUT2D eigenvalue weighted by atomic mass is 16.5. The Balaban J connectivity index is 2.78. The van der Waals surface area contributed by atoms with Crippen molar-refractivity contribution in [3.05, 3.63) is 0 Å². The Kier molecular flexibility index (Phi) is 47.6. The van der Waals surface area contributed by atoms with Crippen LogP contribution in [0.3, 0.4) is 0 Å². The Morgan fingerprint density at radius 3 is 1.17 bits per heavy atom. The number of hydrogen-bond donors (Lipinski definition) is 1. The number of amides is 1. The zero-order chi connectivity index (χ0) is 52.5. The number of carbonyl (C=O) groups excluding carboxylic acids is 3. The van der Waals surface area contributed by atoms with E-state index < -0.39 is 0 Å². The highest BCUT2D eigenvalue weighted by molar-refractivity contribution is 5.76. The van der Waals surface area contributed by atoms with Crippen LogP contribution >= 0.6 is 0 Å². The van der Waals surface area contributed by atoms with Crippen LogP contribution in [0.2, 0.25) is 0 Å². The van der Waals surface area contributed by atoms with Gasteiger partial charge in [-0.2, -0.15) is 0 Å². The number of nitrogens with zero attached hydrogens (tertiary/aromatic N) is 2. The lowest BCUT2D eigenvalue weighted by Crippen LogP contribution is -2.41. The fourth-order valence-corrected chi connectivity index (χ4v) is 11.3. The molecule has 0 aliphatic heterocycles. The molecule has 1 N–H and O–H groups in total. The maximum atomic E-state index is 14.0. The molecule has 1 rings (SSSR count). The molecule has 8 nitrogen and oxygen atoms in total. The van der Waals surface area contributed by atoms with Crippen molar-refractivity contribution < 1.29 is 29.0 Å². The van der Waals surface area contributed by atoms with Crippen LogP contribution < -0.4 is 0 Å². The minimum atomic E-state index is -0.156. The van der Waals surface area contributed by atoms with Gasteiger partial charge in [0.05, 0.1) is 19.3 Å². The molecule has 426 valence electrons. The van der Waals surface area contributed by atoms with Gasteiger partial charge in [0.25, 0.3) is 0 Å². The standard InChI is InChI=1S/C64H124N2O6/c1-7-12-17-22-25-32-42-57(40-30-20-15-10-4)55-71-63(69)47-36-28-34-44-59(45-35-29-37-48-64(70)72-56-58(41-31-21-16-11-5)43-33-26-23-18-13-8-2)65(6)62(68)46-39-54-66(53-38-27-24-19-14-9-3)60-49-51-61(67)52-50-60/h57-61,67H,7-56H2,1-6H3. The summed E-state index contributed by atoms with van der Waals surface area (Å²) in [6.45, 7) is 14.5. The SMILES string of the molecule is CCCCCCCCC(CCCCCC)COC(=O)CCCCCC(CCCCCC(=O)OCC(CCCCCC)CCCCCCCC)N(C)C(=O)CCCN(CCCCCCCC)C1CCC(O)CC1. The Hall–Kier alpha value is -1.67. The molecule has 0 heterocycles. The van der Waals surface area contributed by atoms with Gasteiger partial charge in [-0.3, -0.25) is 14.4 Å². The van der Waals surface area contributed by atoms with E-state index in [-0.39, 0.29) is 30.0 Å². The lowest BCUT2D eigenvalue weighted by molar-refractivity contribution is -0.146. The van der Waals surface area contributed by atoms with E-state index in [1.165, 1.54) is 193 Å². The van der Waals surface area contributed by atoms with Crippen LogP contribution in [0.5, 0.6) is 0 Å². The fourth-order valence-electron chi connectivity index (χ4n) is 11.3. The average Bonchev–Trinajstić information content (AvgIpc) is 3.38. The van der Waals surface area contributed by atoms with Crippen molar-refractivity contribution in [2.75, 3.05) is 33.4 Å². The average molecular weight is 1020 g/mol. The van der Waals surface area contributed by atoms with E-state index in [0.29, 0.717) is 50.4 Å². The molecule has 72 heavy (non-hydrogen) atoms. The van der Waals surface area contributed by atoms with E-state index in [2.05, 4.69) is 39.5 Å². The summed E-state index contributed by atoms with van der Waals surface area (Å²) >= 11 is 0. The van der Waals surface area contributed by atoms with Crippen molar-refractivity contribution in [2.24, 2.45) is 11.8 Å². The predicted octanol–water partition coefficient (Wildman–Crippen LogP) is 18.2. The maximum absolute atomic E-state index is 14.0. The summed E-state index contributed by atoms with van der Waals surface area (Å²) < 4.78 is 11.9. The second-order valence-electron chi connectivity index (χ2n) is 23.1. The number of ether oxygens (including phenoxy) is 2. The van der Waals surface area contributed by atoms with Crippen LogP contribution in [0.1, 0.15) is 330 Å². The van der Waals surface area contributed by atoms with Crippen LogP contribution in [-0.4, -0.2) is 84.3 Å². The molecule has 1 fully saturated rings. The molecule has 1 saturated carbocycles. The van der Waals surface area contributed by atoms with Gasteiger partial charge in [-0.15, -0.1) is 0 Å². The van der Waals surface area contributed by atoms with Crippen LogP contribution in [-0.2, 0) is 23.9 Å². The lowest BCUT2D eigenvalue weighted by atomic mass is 9.91. The molecule has 0 aromatic rings. The van der Waals surface area contributed by atoms with Gasteiger partial charge < -0.3 is 24.4 Å². The molecule has 0 aromatic heterocycles. The second kappa shape index (κ2) is 50.2. The van der Waals surface area contributed by atoms with E-state index in [1.54, 1.807) is 0 Å². The van der Waals surface area contributed by atoms with Crippen LogP contribution in [0.25, 0.3) is 0 Å². The topological polar surface area (TPSA) is 96.4 Å². The quantitative estimate of drug-likeness (QED) is 0.0479. The molecule has 0 radical (unpaired) electrons. The summed E-state index contributed by atoms with van der Waals surface area (Å²) in [5.41, 5.74) is 0. The molecule has 1 amide bonds. The van der Waals surface area contributed by atoms with Crippen LogP contribution in [0, 0.1) is 11.8 Å². The smallest absolute Gasteiger partial charge is 0.305 e. The number of unbranched alkanes of at least 4 members (excludes halogenated alkanes) is 25. The van der Waals surface area contributed by atoms with Gasteiger partial charge in [-0.25, -0.2) is 0 Å². The highest BCUT2D eigenvalue weighted by Gasteiger charge is 2.26. The molecule has 0 saturated heterocycles. The Bertz CT molecular complexity index is 1150. The number of hydrogen-bond acceptors (Lipinski definition) is 7. The molecule has 0 bridgehead atoms. The summed E-state index contributed by atoms with van der Waals surface area (Å²) in [6.07, 6.45) is 51.6. The molecule has 2 unspecified atom stereocenters. The minimum absolute atomic E-state index is 0.0471.